The number of para-hydroxylation sites is 1. The van der Waals surface area contributed by atoms with Crippen molar-refractivity contribution in [3.05, 3.63) is 70.9 Å². The van der Waals surface area contributed by atoms with Gasteiger partial charge in [0.15, 0.2) is 11.5 Å². The minimum atomic E-state index is -0.731. The standard InChI is InChI=1S/C23H25ClN4O3/c1-23(2,3)31-21(30)18-19(25-20(29)16-13-9-10-14-17(16)24)26-22(27(4)5)28(18)15-11-7-6-8-12-15/h6-14H,1-5H3,(H,25,29). The van der Waals surface area contributed by atoms with Crippen molar-refractivity contribution in [2.24, 2.45) is 0 Å². The third-order valence-corrected chi connectivity index (χ3v) is 4.55. The van der Waals surface area contributed by atoms with Crippen molar-refractivity contribution < 1.29 is 14.3 Å². The average molecular weight is 441 g/mol. The van der Waals surface area contributed by atoms with Crippen LogP contribution in [0.5, 0.6) is 0 Å². The number of hydrogen-bond acceptors (Lipinski definition) is 5. The second kappa shape index (κ2) is 8.81. The molecule has 31 heavy (non-hydrogen) atoms. The van der Waals surface area contributed by atoms with Crippen molar-refractivity contribution in [3.8, 4) is 5.69 Å². The van der Waals surface area contributed by atoms with Crippen LogP contribution in [0.2, 0.25) is 5.02 Å². The van der Waals surface area contributed by atoms with Crippen molar-refractivity contribution in [1.29, 1.82) is 0 Å². The molecule has 0 saturated heterocycles. The predicted octanol–water partition coefficient (Wildman–Crippen LogP) is 4.80. The molecular formula is C23H25ClN4O3. The molecule has 8 heteroatoms. The minimum absolute atomic E-state index is 0.0896. The lowest BCUT2D eigenvalue weighted by molar-refractivity contribution is 0.00619. The number of hydrogen-bond donors (Lipinski definition) is 1. The van der Waals surface area contributed by atoms with Crippen LogP contribution in [-0.4, -0.2) is 41.1 Å². The fourth-order valence-corrected chi connectivity index (χ4v) is 3.17. The van der Waals surface area contributed by atoms with Gasteiger partial charge in [0.05, 0.1) is 10.6 Å². The second-order valence-electron chi connectivity index (χ2n) is 8.11. The Hall–Kier alpha value is -3.32. The van der Waals surface area contributed by atoms with Gasteiger partial charge in [-0.1, -0.05) is 41.9 Å². The molecule has 3 aromatic rings. The Morgan fingerprint density at radius 1 is 1.03 bits per heavy atom. The number of nitrogens with one attached hydrogen (secondary N) is 1. The number of aromatic nitrogens is 2. The molecule has 3 rings (SSSR count). The molecule has 0 atom stereocenters. The largest absolute Gasteiger partial charge is 0.455 e. The Morgan fingerprint density at radius 2 is 1.65 bits per heavy atom. The monoisotopic (exact) mass is 440 g/mol. The number of ether oxygens (including phenoxy) is 1. The van der Waals surface area contributed by atoms with Gasteiger partial charge in [-0.05, 0) is 45.0 Å². The first-order valence-electron chi connectivity index (χ1n) is 9.73. The number of anilines is 2. The van der Waals surface area contributed by atoms with E-state index in [0.29, 0.717) is 16.7 Å². The van der Waals surface area contributed by atoms with Crippen LogP contribution in [0.25, 0.3) is 5.69 Å². The van der Waals surface area contributed by atoms with E-state index < -0.39 is 17.5 Å². The molecule has 0 unspecified atom stereocenters. The first kappa shape index (κ1) is 22.4. The smallest absolute Gasteiger partial charge is 0.359 e. The summed E-state index contributed by atoms with van der Waals surface area (Å²) in [6, 6.07) is 16.0. The Labute approximate surface area is 186 Å². The number of nitrogens with zero attached hydrogens (tertiary/aromatic N) is 3. The van der Waals surface area contributed by atoms with E-state index in [2.05, 4.69) is 10.3 Å². The molecule has 2 aromatic carbocycles. The molecule has 0 saturated carbocycles. The number of esters is 1. The zero-order valence-electron chi connectivity index (χ0n) is 18.1. The van der Waals surface area contributed by atoms with Crippen molar-refractivity contribution in [2.45, 2.75) is 26.4 Å². The van der Waals surface area contributed by atoms with Crippen LogP contribution in [0.3, 0.4) is 0 Å². The van der Waals surface area contributed by atoms with Gasteiger partial charge in [-0.15, -0.1) is 0 Å². The SMILES string of the molecule is CN(C)c1nc(NC(=O)c2ccccc2Cl)c(C(=O)OC(C)(C)C)n1-c1ccccc1. The Kier molecular flexibility index (Phi) is 6.36. The summed E-state index contributed by atoms with van der Waals surface area (Å²) in [6.07, 6.45) is 0. The maximum absolute atomic E-state index is 13.2. The van der Waals surface area contributed by atoms with Gasteiger partial charge >= 0.3 is 5.97 Å². The summed E-state index contributed by atoms with van der Waals surface area (Å²) in [5.41, 5.74) is 0.369. The van der Waals surface area contributed by atoms with Crippen molar-refractivity contribution in [3.63, 3.8) is 0 Å². The minimum Gasteiger partial charge on any atom is -0.455 e. The number of imidazole rings is 1. The molecule has 0 aliphatic heterocycles. The van der Waals surface area contributed by atoms with E-state index in [1.165, 1.54) is 0 Å². The van der Waals surface area contributed by atoms with Crippen LogP contribution < -0.4 is 10.2 Å². The van der Waals surface area contributed by atoms with Crippen molar-refractivity contribution >= 4 is 35.2 Å². The number of benzene rings is 2. The molecule has 162 valence electrons. The fourth-order valence-electron chi connectivity index (χ4n) is 2.95. The van der Waals surface area contributed by atoms with Gasteiger partial charge in [0.2, 0.25) is 5.95 Å². The van der Waals surface area contributed by atoms with E-state index in [1.807, 2.05) is 30.3 Å². The van der Waals surface area contributed by atoms with Crippen LogP contribution in [0.1, 0.15) is 41.6 Å². The summed E-state index contributed by atoms with van der Waals surface area (Å²) in [7, 11) is 3.61. The predicted molar refractivity (Wildman–Crippen MR) is 122 cm³/mol. The van der Waals surface area contributed by atoms with Gasteiger partial charge in [-0.3, -0.25) is 9.36 Å². The van der Waals surface area contributed by atoms with Crippen LogP contribution in [0, 0.1) is 0 Å². The lowest BCUT2D eigenvalue weighted by Crippen LogP contribution is -2.27. The molecule has 0 spiro atoms. The summed E-state index contributed by atoms with van der Waals surface area (Å²) in [5.74, 6) is -0.530. The van der Waals surface area contributed by atoms with Gasteiger partial charge in [-0.2, -0.15) is 4.98 Å². The third kappa shape index (κ3) is 5.06. The molecule has 0 bridgehead atoms. The number of rotatable bonds is 5. The van der Waals surface area contributed by atoms with E-state index in [0.717, 1.165) is 0 Å². The molecular weight excluding hydrogens is 416 g/mol. The molecule has 0 aliphatic rings. The van der Waals surface area contributed by atoms with Crippen LogP contribution in [0.4, 0.5) is 11.8 Å². The van der Waals surface area contributed by atoms with Crippen molar-refractivity contribution in [2.75, 3.05) is 24.3 Å². The normalized spacial score (nSPS) is 11.2. The Bertz CT molecular complexity index is 1100. The van der Waals surface area contributed by atoms with Crippen LogP contribution in [0.15, 0.2) is 54.6 Å². The van der Waals surface area contributed by atoms with Gasteiger partial charge in [0, 0.05) is 19.8 Å². The summed E-state index contributed by atoms with van der Waals surface area (Å²) in [4.78, 5) is 32.4. The van der Waals surface area contributed by atoms with E-state index in [1.54, 1.807) is 68.6 Å². The lowest BCUT2D eigenvalue weighted by Gasteiger charge is -2.21. The summed E-state index contributed by atoms with van der Waals surface area (Å²) in [5, 5.41) is 3.04. The number of halogens is 1. The van der Waals surface area contributed by atoms with Gasteiger partial charge in [0.25, 0.3) is 5.91 Å². The van der Waals surface area contributed by atoms with Gasteiger partial charge < -0.3 is 15.0 Å². The molecule has 0 radical (unpaired) electrons. The summed E-state index contributed by atoms with van der Waals surface area (Å²) in [6.45, 7) is 5.34. The van der Waals surface area contributed by atoms with Crippen LogP contribution in [-0.2, 0) is 4.74 Å². The molecule has 1 heterocycles. The third-order valence-electron chi connectivity index (χ3n) is 4.22. The highest BCUT2D eigenvalue weighted by atomic mass is 35.5. The molecule has 1 N–H and O–H groups in total. The average Bonchev–Trinajstić information content (AvgIpc) is 3.07. The second-order valence-corrected chi connectivity index (χ2v) is 8.52. The highest BCUT2D eigenvalue weighted by Crippen LogP contribution is 2.30. The van der Waals surface area contributed by atoms with Crippen molar-refractivity contribution in [1.82, 2.24) is 9.55 Å². The maximum atomic E-state index is 13.2. The molecule has 1 amide bonds. The quantitative estimate of drug-likeness (QED) is 0.577. The summed E-state index contributed by atoms with van der Waals surface area (Å²) < 4.78 is 7.30. The summed E-state index contributed by atoms with van der Waals surface area (Å²) >= 11 is 6.17. The van der Waals surface area contributed by atoms with Gasteiger partial charge in [-0.25, -0.2) is 4.79 Å². The van der Waals surface area contributed by atoms with E-state index in [-0.39, 0.29) is 17.1 Å². The number of amides is 1. The number of carbonyl (C=O) groups is 2. The fraction of sp³-hybridized carbons (Fsp3) is 0.261. The maximum Gasteiger partial charge on any atom is 0.359 e. The molecule has 7 nitrogen and oxygen atoms in total. The molecule has 1 aromatic heterocycles. The zero-order chi connectivity index (χ0) is 22.8. The first-order chi connectivity index (χ1) is 14.6. The highest BCUT2D eigenvalue weighted by molar-refractivity contribution is 6.34. The Morgan fingerprint density at radius 3 is 2.23 bits per heavy atom. The highest BCUT2D eigenvalue weighted by Gasteiger charge is 2.30. The zero-order valence-corrected chi connectivity index (χ0v) is 18.9. The topological polar surface area (TPSA) is 76.5 Å². The Balaban J connectivity index is 2.17. The van der Waals surface area contributed by atoms with Gasteiger partial charge in [0.1, 0.15) is 5.60 Å². The van der Waals surface area contributed by atoms with E-state index in [9.17, 15) is 9.59 Å². The lowest BCUT2D eigenvalue weighted by atomic mass is 10.2. The van der Waals surface area contributed by atoms with E-state index >= 15 is 0 Å². The first-order valence-corrected chi connectivity index (χ1v) is 10.1. The van der Waals surface area contributed by atoms with E-state index in [4.69, 9.17) is 16.3 Å². The number of carbonyl (C=O) groups excluding carboxylic acids is 2. The van der Waals surface area contributed by atoms with Crippen LogP contribution >= 0.6 is 11.6 Å². The molecule has 0 fully saturated rings. The molecule has 0 aliphatic carbocycles.